The standard InChI is InChI=1S/C13H20N2O3/c1-9-6-11(17-5)10(14-7-9)8-15-12(16)18-13(2,3)4/h6-7H,8H2,1-5H3,(H,15,16). The van der Waals surface area contributed by atoms with Crippen LogP contribution in [0.4, 0.5) is 4.79 Å². The molecule has 100 valence electrons. The molecule has 0 aliphatic rings. The Labute approximate surface area is 108 Å². The molecule has 0 aromatic carbocycles. The summed E-state index contributed by atoms with van der Waals surface area (Å²) in [7, 11) is 1.58. The van der Waals surface area contributed by atoms with Gasteiger partial charge in [0.2, 0.25) is 0 Å². The van der Waals surface area contributed by atoms with Gasteiger partial charge in [0.1, 0.15) is 17.0 Å². The second kappa shape index (κ2) is 5.71. The molecule has 0 bridgehead atoms. The summed E-state index contributed by atoms with van der Waals surface area (Å²) < 4.78 is 10.3. The van der Waals surface area contributed by atoms with E-state index in [9.17, 15) is 4.79 Å². The number of ether oxygens (including phenoxy) is 2. The zero-order chi connectivity index (χ0) is 13.8. The number of amides is 1. The summed E-state index contributed by atoms with van der Waals surface area (Å²) in [4.78, 5) is 15.7. The van der Waals surface area contributed by atoms with Crippen LogP contribution in [0.15, 0.2) is 12.3 Å². The van der Waals surface area contributed by atoms with Crippen LogP contribution < -0.4 is 10.1 Å². The molecule has 0 spiro atoms. The summed E-state index contributed by atoms with van der Waals surface area (Å²) in [5, 5.41) is 2.65. The third-order valence-corrected chi connectivity index (χ3v) is 2.09. The average Bonchev–Trinajstić information content (AvgIpc) is 2.24. The summed E-state index contributed by atoms with van der Waals surface area (Å²) >= 11 is 0. The van der Waals surface area contributed by atoms with Crippen LogP contribution in [0, 0.1) is 6.92 Å². The number of nitrogens with one attached hydrogen (secondary N) is 1. The molecule has 0 atom stereocenters. The number of carbonyl (C=O) groups is 1. The number of pyridine rings is 1. The maximum absolute atomic E-state index is 11.5. The smallest absolute Gasteiger partial charge is 0.407 e. The lowest BCUT2D eigenvalue weighted by Crippen LogP contribution is -2.32. The number of nitrogens with zero attached hydrogens (tertiary/aromatic N) is 1. The van der Waals surface area contributed by atoms with Crippen LogP contribution in [-0.2, 0) is 11.3 Å². The number of rotatable bonds is 3. The minimum Gasteiger partial charge on any atom is -0.495 e. The SMILES string of the molecule is COc1cc(C)cnc1CNC(=O)OC(C)(C)C. The molecule has 1 N–H and O–H groups in total. The van der Waals surface area contributed by atoms with Gasteiger partial charge in [-0.3, -0.25) is 4.98 Å². The number of alkyl carbamates (subject to hydrolysis) is 1. The number of aryl methyl sites for hydroxylation is 1. The van der Waals surface area contributed by atoms with Crippen molar-refractivity contribution in [1.29, 1.82) is 0 Å². The highest BCUT2D eigenvalue weighted by atomic mass is 16.6. The van der Waals surface area contributed by atoms with Gasteiger partial charge in [0.15, 0.2) is 0 Å². The van der Waals surface area contributed by atoms with Crippen molar-refractivity contribution in [3.63, 3.8) is 0 Å². The lowest BCUT2D eigenvalue weighted by molar-refractivity contribution is 0.0522. The zero-order valence-electron chi connectivity index (χ0n) is 11.5. The predicted octanol–water partition coefficient (Wildman–Crippen LogP) is 2.42. The van der Waals surface area contributed by atoms with Crippen LogP contribution in [0.5, 0.6) is 5.75 Å². The molecule has 1 aromatic heterocycles. The number of hydrogen-bond acceptors (Lipinski definition) is 4. The Morgan fingerprint density at radius 2 is 2.11 bits per heavy atom. The van der Waals surface area contributed by atoms with E-state index in [0.717, 1.165) is 5.56 Å². The third-order valence-electron chi connectivity index (χ3n) is 2.09. The summed E-state index contributed by atoms with van der Waals surface area (Å²) in [6.07, 6.45) is 1.26. The highest BCUT2D eigenvalue weighted by Crippen LogP contribution is 2.17. The molecule has 1 heterocycles. The highest BCUT2D eigenvalue weighted by molar-refractivity contribution is 5.67. The first-order valence-electron chi connectivity index (χ1n) is 5.78. The van der Waals surface area contributed by atoms with Crippen molar-refractivity contribution in [2.24, 2.45) is 0 Å². The van der Waals surface area contributed by atoms with Crippen molar-refractivity contribution < 1.29 is 14.3 Å². The van der Waals surface area contributed by atoms with E-state index in [4.69, 9.17) is 9.47 Å². The fourth-order valence-electron chi connectivity index (χ4n) is 1.35. The van der Waals surface area contributed by atoms with E-state index >= 15 is 0 Å². The van der Waals surface area contributed by atoms with Crippen LogP contribution >= 0.6 is 0 Å². The Balaban J connectivity index is 2.61. The average molecular weight is 252 g/mol. The first kappa shape index (κ1) is 14.3. The Kier molecular flexibility index (Phi) is 4.53. The van der Waals surface area contributed by atoms with Crippen molar-refractivity contribution in [2.45, 2.75) is 39.8 Å². The number of hydrogen-bond donors (Lipinski definition) is 1. The van der Waals surface area contributed by atoms with E-state index in [1.807, 2.05) is 33.8 Å². The summed E-state index contributed by atoms with van der Waals surface area (Å²) in [6.45, 7) is 7.66. The second-order valence-corrected chi connectivity index (χ2v) is 5.02. The Morgan fingerprint density at radius 3 is 2.67 bits per heavy atom. The molecule has 0 radical (unpaired) electrons. The molecular formula is C13H20N2O3. The van der Waals surface area contributed by atoms with Gasteiger partial charge in [0, 0.05) is 6.20 Å². The number of carbonyl (C=O) groups excluding carboxylic acids is 1. The Morgan fingerprint density at radius 1 is 1.44 bits per heavy atom. The molecule has 0 aliphatic carbocycles. The lowest BCUT2D eigenvalue weighted by atomic mass is 10.2. The van der Waals surface area contributed by atoms with Gasteiger partial charge in [-0.25, -0.2) is 4.79 Å². The minimum atomic E-state index is -0.505. The van der Waals surface area contributed by atoms with Crippen LogP contribution in [-0.4, -0.2) is 23.8 Å². The fraction of sp³-hybridized carbons (Fsp3) is 0.538. The molecule has 18 heavy (non-hydrogen) atoms. The quantitative estimate of drug-likeness (QED) is 0.897. The van der Waals surface area contributed by atoms with Gasteiger partial charge >= 0.3 is 6.09 Å². The molecule has 5 heteroatoms. The van der Waals surface area contributed by atoms with Gasteiger partial charge in [-0.05, 0) is 39.3 Å². The van der Waals surface area contributed by atoms with Gasteiger partial charge in [-0.1, -0.05) is 0 Å². The van der Waals surface area contributed by atoms with Gasteiger partial charge < -0.3 is 14.8 Å². The van der Waals surface area contributed by atoms with Gasteiger partial charge in [-0.15, -0.1) is 0 Å². The Hall–Kier alpha value is -1.78. The molecule has 0 aliphatic heterocycles. The van der Waals surface area contributed by atoms with E-state index in [1.54, 1.807) is 13.3 Å². The van der Waals surface area contributed by atoms with Crippen molar-refractivity contribution in [2.75, 3.05) is 7.11 Å². The van der Waals surface area contributed by atoms with Gasteiger partial charge in [0.05, 0.1) is 13.7 Å². The van der Waals surface area contributed by atoms with Crippen molar-refractivity contribution in [3.8, 4) is 5.75 Å². The Bertz CT molecular complexity index is 425. The molecule has 0 unspecified atom stereocenters. The predicted molar refractivity (Wildman–Crippen MR) is 68.6 cm³/mol. The molecular weight excluding hydrogens is 232 g/mol. The topological polar surface area (TPSA) is 60.5 Å². The van der Waals surface area contributed by atoms with E-state index in [1.165, 1.54) is 0 Å². The maximum atomic E-state index is 11.5. The van der Waals surface area contributed by atoms with Crippen molar-refractivity contribution in [3.05, 3.63) is 23.5 Å². The summed E-state index contributed by atoms with van der Waals surface area (Å²) in [6, 6.07) is 1.87. The van der Waals surface area contributed by atoms with Crippen molar-refractivity contribution in [1.82, 2.24) is 10.3 Å². The van der Waals surface area contributed by atoms with E-state index in [0.29, 0.717) is 11.4 Å². The molecule has 1 amide bonds. The van der Waals surface area contributed by atoms with Crippen LogP contribution in [0.25, 0.3) is 0 Å². The molecule has 0 saturated heterocycles. The fourth-order valence-corrected chi connectivity index (χ4v) is 1.35. The lowest BCUT2D eigenvalue weighted by Gasteiger charge is -2.19. The first-order valence-corrected chi connectivity index (χ1v) is 5.78. The normalized spacial score (nSPS) is 10.9. The highest BCUT2D eigenvalue weighted by Gasteiger charge is 2.16. The summed E-state index contributed by atoms with van der Waals surface area (Å²) in [5.74, 6) is 0.658. The molecule has 0 saturated carbocycles. The van der Waals surface area contributed by atoms with Crippen LogP contribution in [0.2, 0.25) is 0 Å². The molecule has 5 nitrogen and oxygen atoms in total. The van der Waals surface area contributed by atoms with Gasteiger partial charge in [-0.2, -0.15) is 0 Å². The molecule has 0 fully saturated rings. The monoisotopic (exact) mass is 252 g/mol. The van der Waals surface area contributed by atoms with E-state index in [-0.39, 0.29) is 6.54 Å². The minimum absolute atomic E-state index is 0.276. The second-order valence-electron chi connectivity index (χ2n) is 5.02. The largest absolute Gasteiger partial charge is 0.495 e. The van der Waals surface area contributed by atoms with E-state index < -0.39 is 11.7 Å². The van der Waals surface area contributed by atoms with Crippen LogP contribution in [0.3, 0.4) is 0 Å². The van der Waals surface area contributed by atoms with Crippen LogP contribution in [0.1, 0.15) is 32.0 Å². The zero-order valence-corrected chi connectivity index (χ0v) is 11.5. The summed E-state index contributed by atoms with van der Waals surface area (Å²) in [5.41, 5.74) is 1.18. The third kappa shape index (κ3) is 4.61. The van der Waals surface area contributed by atoms with Crippen molar-refractivity contribution >= 4 is 6.09 Å². The first-order chi connectivity index (χ1) is 8.31. The molecule has 1 aromatic rings. The van der Waals surface area contributed by atoms with Gasteiger partial charge in [0.25, 0.3) is 0 Å². The number of aromatic nitrogens is 1. The number of methoxy groups -OCH3 is 1. The maximum Gasteiger partial charge on any atom is 0.407 e. The van der Waals surface area contributed by atoms with E-state index in [2.05, 4.69) is 10.3 Å². The molecule has 1 rings (SSSR count).